The second-order valence-corrected chi connectivity index (χ2v) is 5.93. The Morgan fingerprint density at radius 3 is 3.00 bits per heavy atom. The van der Waals surface area contributed by atoms with E-state index in [4.69, 9.17) is 0 Å². The van der Waals surface area contributed by atoms with E-state index >= 15 is 0 Å². The third-order valence-corrected chi connectivity index (χ3v) is 4.36. The van der Waals surface area contributed by atoms with Crippen molar-refractivity contribution < 1.29 is 9.42 Å². The minimum atomic E-state index is -0.121. The lowest BCUT2D eigenvalue weighted by molar-refractivity contribution is 0.0693. The molecule has 7 nitrogen and oxygen atoms in total. The van der Waals surface area contributed by atoms with E-state index in [9.17, 15) is 4.79 Å². The van der Waals surface area contributed by atoms with Crippen LogP contribution in [0.2, 0.25) is 0 Å². The highest BCUT2D eigenvalue weighted by Gasteiger charge is 2.29. The van der Waals surface area contributed by atoms with Gasteiger partial charge in [0.05, 0.1) is 11.0 Å². The highest BCUT2D eigenvalue weighted by Crippen LogP contribution is 2.27. The Labute approximate surface area is 132 Å². The lowest BCUT2D eigenvalue weighted by atomic mass is 9.97. The van der Waals surface area contributed by atoms with Crippen molar-refractivity contribution in [2.45, 2.75) is 25.7 Å². The summed E-state index contributed by atoms with van der Waals surface area (Å²) in [5.74, 6) is 1.03. The third kappa shape index (κ3) is 2.48. The first-order valence-electron chi connectivity index (χ1n) is 7.75. The summed E-state index contributed by atoms with van der Waals surface area (Å²) in [7, 11) is 0. The van der Waals surface area contributed by atoms with E-state index in [1.807, 2.05) is 29.2 Å². The summed E-state index contributed by atoms with van der Waals surface area (Å²) >= 11 is 0. The molecular weight excluding hydrogens is 294 g/mol. The number of aromatic nitrogens is 4. The highest BCUT2D eigenvalue weighted by molar-refractivity contribution is 5.93. The number of piperidine rings is 1. The van der Waals surface area contributed by atoms with Gasteiger partial charge in [-0.15, -0.1) is 0 Å². The standard InChI is InChI=1S/C16H17N5O2/c1-10-14(20-23-19-10)16(22)21-8-4-5-11(9-21)15-17-12-6-2-3-7-13(12)18-15/h2-3,6-7,11H,4-5,8-9H2,1H3,(H,17,18)/t11-/m1/s1. The Kier molecular flexibility index (Phi) is 3.33. The topological polar surface area (TPSA) is 87.9 Å². The number of nitrogens with zero attached hydrogens (tertiary/aromatic N) is 4. The van der Waals surface area contributed by atoms with Crippen molar-refractivity contribution in [2.24, 2.45) is 0 Å². The van der Waals surface area contributed by atoms with Crippen molar-refractivity contribution in [2.75, 3.05) is 13.1 Å². The van der Waals surface area contributed by atoms with Crippen LogP contribution in [0.15, 0.2) is 28.9 Å². The lowest BCUT2D eigenvalue weighted by Crippen LogP contribution is -2.39. The van der Waals surface area contributed by atoms with Gasteiger partial charge in [0.25, 0.3) is 5.91 Å². The van der Waals surface area contributed by atoms with Gasteiger partial charge in [0.15, 0.2) is 5.69 Å². The molecular formula is C16H17N5O2. The van der Waals surface area contributed by atoms with Gasteiger partial charge in [-0.25, -0.2) is 9.61 Å². The fourth-order valence-electron chi connectivity index (χ4n) is 3.13. The average Bonchev–Trinajstić information content (AvgIpc) is 3.20. The first-order chi connectivity index (χ1) is 11.2. The molecule has 7 heteroatoms. The van der Waals surface area contributed by atoms with Crippen LogP contribution < -0.4 is 0 Å². The van der Waals surface area contributed by atoms with Crippen LogP contribution >= 0.6 is 0 Å². The fourth-order valence-corrected chi connectivity index (χ4v) is 3.13. The van der Waals surface area contributed by atoms with Crippen LogP contribution in [0.25, 0.3) is 11.0 Å². The summed E-state index contributed by atoms with van der Waals surface area (Å²) in [5, 5.41) is 7.41. The zero-order valence-corrected chi connectivity index (χ0v) is 12.8. The summed E-state index contributed by atoms with van der Waals surface area (Å²) in [5.41, 5.74) is 2.82. The normalized spacial score (nSPS) is 18.5. The van der Waals surface area contributed by atoms with Gasteiger partial charge >= 0.3 is 0 Å². The molecule has 1 atom stereocenters. The quantitative estimate of drug-likeness (QED) is 0.784. The number of amides is 1. The van der Waals surface area contributed by atoms with Gasteiger partial charge in [0.2, 0.25) is 0 Å². The minimum absolute atomic E-state index is 0.121. The van der Waals surface area contributed by atoms with E-state index in [0.29, 0.717) is 17.9 Å². The number of hydrogen-bond donors (Lipinski definition) is 1. The maximum atomic E-state index is 12.6. The number of H-pyrrole nitrogens is 1. The summed E-state index contributed by atoms with van der Waals surface area (Å²) in [6.07, 6.45) is 1.96. The molecule has 2 aromatic heterocycles. The number of fused-ring (bicyclic) bond motifs is 1. The van der Waals surface area contributed by atoms with Gasteiger partial charge in [-0.05, 0) is 37.1 Å². The molecule has 1 amide bonds. The van der Waals surface area contributed by atoms with E-state index in [0.717, 1.165) is 36.2 Å². The van der Waals surface area contributed by atoms with Gasteiger partial charge in [-0.2, -0.15) is 0 Å². The summed E-state index contributed by atoms with van der Waals surface area (Å²) in [4.78, 5) is 22.4. The smallest absolute Gasteiger partial charge is 0.278 e. The van der Waals surface area contributed by atoms with E-state index in [1.165, 1.54) is 0 Å². The van der Waals surface area contributed by atoms with Gasteiger partial charge in [-0.1, -0.05) is 17.3 Å². The maximum absolute atomic E-state index is 12.6. The third-order valence-electron chi connectivity index (χ3n) is 4.36. The van der Waals surface area contributed by atoms with Gasteiger partial charge < -0.3 is 9.88 Å². The molecule has 4 rings (SSSR count). The fraction of sp³-hybridized carbons (Fsp3) is 0.375. The predicted octanol–water partition coefficient (Wildman–Crippen LogP) is 2.27. The monoisotopic (exact) mass is 311 g/mol. The van der Waals surface area contributed by atoms with Crippen LogP contribution in [-0.4, -0.2) is 44.2 Å². The van der Waals surface area contributed by atoms with Gasteiger partial charge in [0, 0.05) is 19.0 Å². The molecule has 3 aromatic rings. The molecule has 1 fully saturated rings. The van der Waals surface area contributed by atoms with E-state index in [2.05, 4.69) is 24.9 Å². The molecule has 0 aliphatic carbocycles. The number of carbonyl (C=O) groups excluding carboxylic acids is 1. The van der Waals surface area contributed by atoms with E-state index in [-0.39, 0.29) is 11.8 Å². The second-order valence-electron chi connectivity index (χ2n) is 5.93. The SMILES string of the molecule is Cc1nonc1C(=O)N1CCC[C@@H](c2nc3ccccc3[nH]2)C1. The minimum Gasteiger partial charge on any atom is -0.342 e. The van der Waals surface area contributed by atoms with E-state index in [1.54, 1.807) is 6.92 Å². The molecule has 1 aliphatic rings. The van der Waals surface area contributed by atoms with Crippen LogP contribution in [0.3, 0.4) is 0 Å². The molecule has 1 aromatic carbocycles. The van der Waals surface area contributed by atoms with Crippen molar-refractivity contribution in [3.05, 3.63) is 41.5 Å². The molecule has 3 heterocycles. The molecule has 1 N–H and O–H groups in total. The number of rotatable bonds is 2. The number of imidazole rings is 1. The van der Waals surface area contributed by atoms with Crippen LogP contribution in [0.5, 0.6) is 0 Å². The molecule has 0 bridgehead atoms. The Morgan fingerprint density at radius 2 is 2.22 bits per heavy atom. The van der Waals surface area contributed by atoms with Crippen LogP contribution in [0, 0.1) is 6.92 Å². The maximum Gasteiger partial charge on any atom is 0.278 e. The number of hydrogen-bond acceptors (Lipinski definition) is 5. The van der Waals surface area contributed by atoms with Gasteiger partial charge in [0.1, 0.15) is 11.5 Å². The average molecular weight is 311 g/mol. The number of nitrogens with one attached hydrogen (secondary N) is 1. The van der Waals surface area contributed by atoms with Crippen LogP contribution in [0.4, 0.5) is 0 Å². The zero-order chi connectivity index (χ0) is 15.8. The first kappa shape index (κ1) is 13.9. The molecule has 1 aliphatic heterocycles. The second kappa shape index (κ2) is 5.49. The highest BCUT2D eigenvalue weighted by atomic mass is 16.6. The van der Waals surface area contributed by atoms with Gasteiger partial charge in [-0.3, -0.25) is 4.79 Å². The molecule has 0 saturated carbocycles. The van der Waals surface area contributed by atoms with Crippen molar-refractivity contribution in [1.82, 2.24) is 25.2 Å². The van der Waals surface area contributed by atoms with Crippen molar-refractivity contribution in [1.29, 1.82) is 0 Å². The molecule has 118 valence electrons. The Hall–Kier alpha value is -2.70. The molecule has 23 heavy (non-hydrogen) atoms. The first-order valence-corrected chi connectivity index (χ1v) is 7.75. The number of para-hydroxylation sites is 2. The molecule has 0 radical (unpaired) electrons. The molecule has 0 spiro atoms. The zero-order valence-electron chi connectivity index (χ0n) is 12.8. The van der Waals surface area contributed by atoms with Crippen LogP contribution in [-0.2, 0) is 0 Å². The summed E-state index contributed by atoms with van der Waals surface area (Å²) in [6.45, 7) is 3.08. The van der Waals surface area contributed by atoms with Crippen LogP contribution in [0.1, 0.15) is 40.8 Å². The largest absolute Gasteiger partial charge is 0.342 e. The molecule has 0 unspecified atom stereocenters. The van der Waals surface area contributed by atoms with Crippen molar-refractivity contribution in [3.8, 4) is 0 Å². The lowest BCUT2D eigenvalue weighted by Gasteiger charge is -2.31. The molecule has 1 saturated heterocycles. The number of likely N-dealkylation sites (tertiary alicyclic amines) is 1. The number of aryl methyl sites for hydroxylation is 1. The Morgan fingerprint density at radius 1 is 1.35 bits per heavy atom. The Bertz CT molecular complexity index is 820. The summed E-state index contributed by atoms with van der Waals surface area (Å²) in [6, 6.07) is 7.97. The number of aromatic amines is 1. The van der Waals surface area contributed by atoms with Crippen molar-refractivity contribution in [3.63, 3.8) is 0 Å². The number of benzene rings is 1. The van der Waals surface area contributed by atoms with Crippen molar-refractivity contribution >= 4 is 16.9 Å². The number of carbonyl (C=O) groups is 1. The van der Waals surface area contributed by atoms with E-state index < -0.39 is 0 Å². The predicted molar refractivity (Wildman–Crippen MR) is 83.0 cm³/mol. The summed E-state index contributed by atoms with van der Waals surface area (Å²) < 4.78 is 4.64. The Balaban J connectivity index is 1.57.